The minimum atomic E-state index is -5.83. The summed E-state index contributed by atoms with van der Waals surface area (Å²) < 4.78 is 84.7. The van der Waals surface area contributed by atoms with E-state index in [2.05, 4.69) is 4.74 Å². The minimum absolute atomic E-state index is 0.194. The molecule has 32 heavy (non-hydrogen) atoms. The number of benzene rings is 3. The van der Waals surface area contributed by atoms with Crippen LogP contribution in [0.1, 0.15) is 17.3 Å². The average molecular weight is 469 g/mol. The summed E-state index contributed by atoms with van der Waals surface area (Å²) in [5.74, 6) is -1.70. The van der Waals surface area contributed by atoms with Crippen molar-refractivity contribution in [2.75, 3.05) is 0 Å². The Labute approximate surface area is 181 Å². The molecule has 0 aliphatic carbocycles. The molecule has 1 heterocycles. The number of esters is 1. The van der Waals surface area contributed by atoms with Gasteiger partial charge in [0, 0.05) is 27.3 Å². The Hall–Kier alpha value is -3.07. The second-order valence-electron chi connectivity index (χ2n) is 7.24. The summed E-state index contributed by atoms with van der Waals surface area (Å²) in [6.07, 6.45) is -11.7. The van der Waals surface area contributed by atoms with E-state index in [1.54, 1.807) is 6.07 Å². The summed E-state index contributed by atoms with van der Waals surface area (Å²) in [6.45, 7) is -0.194. The Morgan fingerprint density at radius 1 is 0.750 bits per heavy atom. The van der Waals surface area contributed by atoms with Crippen LogP contribution in [-0.4, -0.2) is 23.9 Å². The van der Waals surface area contributed by atoms with E-state index < -0.39 is 40.0 Å². The molecule has 0 aliphatic heterocycles. The van der Waals surface area contributed by atoms with E-state index in [1.807, 2.05) is 48.5 Å². The van der Waals surface area contributed by atoms with E-state index in [0.29, 0.717) is 4.90 Å². The molecule has 0 saturated heterocycles. The van der Waals surface area contributed by atoms with E-state index >= 15 is 0 Å². The normalized spacial score (nSPS) is 13.0. The van der Waals surface area contributed by atoms with Gasteiger partial charge in [0.25, 0.3) is 5.60 Å². The van der Waals surface area contributed by atoms with Gasteiger partial charge in [0.1, 0.15) is 0 Å². The first-order valence-electron chi connectivity index (χ1n) is 9.33. The number of carbonyl (C=O) groups is 1. The molecule has 0 radical (unpaired) electrons. The number of ether oxygens (including phenoxy) is 1. The van der Waals surface area contributed by atoms with Crippen LogP contribution >= 0.6 is 10.5 Å². The third-order valence-electron chi connectivity index (χ3n) is 5.19. The molecule has 0 fully saturated rings. The smallest absolute Gasteiger partial charge is 0.436 e. The van der Waals surface area contributed by atoms with Crippen LogP contribution in [0.5, 0.6) is 0 Å². The lowest BCUT2D eigenvalue weighted by Crippen LogP contribution is -2.57. The molecule has 0 saturated carbocycles. The zero-order chi connectivity index (χ0) is 23.3. The zero-order valence-electron chi connectivity index (χ0n) is 16.4. The molecule has 0 unspecified atom stereocenters. The molecule has 2 nitrogen and oxygen atoms in total. The summed E-state index contributed by atoms with van der Waals surface area (Å²) in [7, 11) is -0.677. The van der Waals surface area contributed by atoms with Crippen LogP contribution in [0, 0.1) is 0 Å². The van der Waals surface area contributed by atoms with Crippen molar-refractivity contribution >= 4 is 36.6 Å². The maximum absolute atomic E-state index is 13.1. The maximum atomic E-state index is 13.1. The predicted octanol–water partition coefficient (Wildman–Crippen LogP) is 7.77. The predicted molar refractivity (Wildman–Crippen MR) is 111 cm³/mol. The van der Waals surface area contributed by atoms with Crippen LogP contribution in [0.25, 0.3) is 25.1 Å². The molecule has 0 aliphatic rings. The second-order valence-corrected chi connectivity index (χ2v) is 9.21. The standard InChI is InChI=1S/C23H15F6O2S/c1-21(22(24,25)26,23(27,28)29)31-20(30)14-7-6-8-15(13-14)32-18-11-4-2-9-16(18)17-10-3-5-12-19(17)32/h2-13H,1H3/q+1. The van der Waals surface area contributed by atoms with Crippen molar-refractivity contribution in [3.63, 3.8) is 0 Å². The number of halogens is 6. The first-order valence-corrected chi connectivity index (χ1v) is 10.6. The van der Waals surface area contributed by atoms with E-state index in [9.17, 15) is 31.1 Å². The molecule has 1 aromatic heterocycles. The number of fused-ring (bicyclic) bond motifs is 3. The number of hydrogen-bond donors (Lipinski definition) is 0. The fourth-order valence-electron chi connectivity index (χ4n) is 3.38. The van der Waals surface area contributed by atoms with E-state index in [-0.39, 0.29) is 6.92 Å². The first-order chi connectivity index (χ1) is 14.9. The first kappa shape index (κ1) is 22.1. The van der Waals surface area contributed by atoms with Crippen molar-refractivity contribution in [2.45, 2.75) is 24.9 Å². The van der Waals surface area contributed by atoms with Gasteiger partial charge in [-0.05, 0) is 43.3 Å². The van der Waals surface area contributed by atoms with E-state index in [1.165, 1.54) is 12.1 Å². The maximum Gasteiger partial charge on any atom is 0.437 e. The number of alkyl halides is 6. The van der Waals surface area contributed by atoms with E-state index in [0.717, 1.165) is 26.2 Å². The van der Waals surface area contributed by atoms with Crippen LogP contribution < -0.4 is 0 Å². The van der Waals surface area contributed by atoms with Gasteiger partial charge in [-0.25, -0.2) is 4.79 Å². The number of hydrogen-bond acceptors (Lipinski definition) is 2. The highest BCUT2D eigenvalue weighted by atomic mass is 32.2. The molecule has 0 N–H and O–H groups in total. The minimum Gasteiger partial charge on any atom is -0.436 e. The van der Waals surface area contributed by atoms with Gasteiger partial charge in [0.2, 0.25) is 0 Å². The topological polar surface area (TPSA) is 26.3 Å². The third-order valence-corrected chi connectivity index (χ3v) is 7.51. The van der Waals surface area contributed by atoms with Gasteiger partial charge in [0.15, 0.2) is 14.3 Å². The SMILES string of the molecule is CC(OC(=O)c1cccc(-[s+]2c3ccccc3c3ccccc32)c1)(C(F)(F)F)C(F)(F)F. The van der Waals surface area contributed by atoms with Crippen molar-refractivity contribution < 1.29 is 35.9 Å². The number of rotatable bonds is 3. The van der Waals surface area contributed by atoms with Crippen molar-refractivity contribution in [1.82, 2.24) is 0 Å². The molecule has 166 valence electrons. The largest absolute Gasteiger partial charge is 0.437 e. The number of carbonyl (C=O) groups excluding carboxylic acids is 1. The van der Waals surface area contributed by atoms with Crippen LogP contribution in [0.3, 0.4) is 0 Å². The Morgan fingerprint density at radius 3 is 1.75 bits per heavy atom. The monoisotopic (exact) mass is 469 g/mol. The lowest BCUT2D eigenvalue weighted by Gasteiger charge is -2.33. The fraction of sp³-hybridized carbons (Fsp3) is 0.174. The molecule has 0 spiro atoms. The Balaban J connectivity index is 1.81. The van der Waals surface area contributed by atoms with Gasteiger partial charge < -0.3 is 4.74 Å². The molecular weight excluding hydrogens is 454 g/mol. The Bertz CT molecular complexity index is 1250. The van der Waals surface area contributed by atoms with Gasteiger partial charge in [-0.2, -0.15) is 26.3 Å². The molecule has 0 amide bonds. The fourth-order valence-corrected chi connectivity index (χ4v) is 5.81. The third kappa shape index (κ3) is 3.50. The summed E-state index contributed by atoms with van der Waals surface area (Å²) in [6, 6.07) is 20.7. The highest BCUT2D eigenvalue weighted by Crippen LogP contribution is 2.49. The summed E-state index contributed by atoms with van der Waals surface area (Å²) in [5, 5.41) is 1.97. The van der Waals surface area contributed by atoms with Crippen molar-refractivity contribution in [1.29, 1.82) is 0 Å². The molecule has 3 aromatic carbocycles. The van der Waals surface area contributed by atoms with E-state index in [4.69, 9.17) is 0 Å². The molecule has 0 atom stereocenters. The zero-order valence-corrected chi connectivity index (χ0v) is 17.2. The molecule has 4 aromatic rings. The van der Waals surface area contributed by atoms with Crippen LogP contribution in [0.2, 0.25) is 0 Å². The van der Waals surface area contributed by atoms with Gasteiger partial charge in [0.05, 0.1) is 5.56 Å². The molecular formula is C23H15F6O2S+. The molecule has 4 rings (SSSR count). The van der Waals surface area contributed by atoms with Crippen LogP contribution in [-0.2, 0) is 4.74 Å². The second kappa shape index (κ2) is 7.51. The summed E-state index contributed by atoms with van der Waals surface area (Å²) >= 11 is 0. The highest BCUT2D eigenvalue weighted by Gasteiger charge is 2.71. The average Bonchev–Trinajstić information content (AvgIpc) is 3.06. The van der Waals surface area contributed by atoms with Crippen molar-refractivity contribution in [3.05, 3.63) is 78.4 Å². The van der Waals surface area contributed by atoms with Crippen LogP contribution in [0.4, 0.5) is 26.3 Å². The highest BCUT2D eigenvalue weighted by molar-refractivity contribution is 7.50. The Morgan fingerprint density at radius 2 is 1.25 bits per heavy atom. The lowest BCUT2D eigenvalue weighted by molar-refractivity contribution is -0.358. The molecule has 9 heteroatoms. The van der Waals surface area contributed by atoms with Gasteiger partial charge in [-0.15, -0.1) is 0 Å². The lowest BCUT2D eigenvalue weighted by atomic mass is 10.1. The number of thiophene rings is 1. The van der Waals surface area contributed by atoms with Gasteiger partial charge in [-0.1, -0.05) is 30.3 Å². The van der Waals surface area contributed by atoms with Gasteiger partial charge in [-0.3, -0.25) is 0 Å². The Kier molecular flexibility index (Phi) is 5.20. The van der Waals surface area contributed by atoms with Crippen molar-refractivity contribution in [2.24, 2.45) is 0 Å². The van der Waals surface area contributed by atoms with Crippen molar-refractivity contribution in [3.8, 4) is 4.90 Å². The quantitative estimate of drug-likeness (QED) is 0.174. The van der Waals surface area contributed by atoms with Gasteiger partial charge >= 0.3 is 18.3 Å². The summed E-state index contributed by atoms with van der Waals surface area (Å²) in [4.78, 5) is 13.0. The summed E-state index contributed by atoms with van der Waals surface area (Å²) in [5.41, 5.74) is -5.02. The molecule has 0 bridgehead atoms. The van der Waals surface area contributed by atoms with Crippen LogP contribution in [0.15, 0.2) is 72.8 Å².